The van der Waals surface area contributed by atoms with E-state index in [-0.39, 0.29) is 11.9 Å². The molecule has 15 heavy (non-hydrogen) atoms. The number of nitrogens with zero attached hydrogens (tertiary/aromatic N) is 1. The molecule has 0 bridgehead atoms. The maximum absolute atomic E-state index is 11.3. The van der Waals surface area contributed by atoms with E-state index in [0.29, 0.717) is 0 Å². The van der Waals surface area contributed by atoms with Crippen molar-refractivity contribution in [3.8, 4) is 0 Å². The van der Waals surface area contributed by atoms with Crippen molar-refractivity contribution in [2.45, 2.75) is 33.7 Å². The van der Waals surface area contributed by atoms with Crippen LogP contribution in [0.5, 0.6) is 0 Å². The van der Waals surface area contributed by atoms with Crippen LogP contribution >= 0.6 is 0 Å². The fourth-order valence-corrected chi connectivity index (χ4v) is 1.59. The summed E-state index contributed by atoms with van der Waals surface area (Å²) in [6.07, 6.45) is 3.20. The van der Waals surface area contributed by atoms with Crippen LogP contribution in [0, 0.1) is 13.8 Å². The number of aryl methyl sites for hydroxylation is 2. The third-order valence-corrected chi connectivity index (χ3v) is 2.20. The summed E-state index contributed by atoms with van der Waals surface area (Å²) >= 11 is 0. The summed E-state index contributed by atoms with van der Waals surface area (Å²) in [5, 5.41) is 6.69. The van der Waals surface area contributed by atoms with Crippen LogP contribution < -0.4 is 5.32 Å². The van der Waals surface area contributed by atoms with Gasteiger partial charge in [0.2, 0.25) is 5.91 Å². The van der Waals surface area contributed by atoms with Gasteiger partial charge in [-0.2, -0.15) is 0 Å². The van der Waals surface area contributed by atoms with Crippen LogP contribution in [0.25, 0.3) is 0 Å². The molecular weight excluding hydrogens is 192 g/mol. The zero-order valence-electron chi connectivity index (χ0n) is 9.50. The zero-order valence-corrected chi connectivity index (χ0v) is 9.50. The van der Waals surface area contributed by atoms with Gasteiger partial charge in [0.05, 0.1) is 11.7 Å². The highest BCUT2D eigenvalue weighted by molar-refractivity contribution is 5.87. The molecule has 1 amide bonds. The van der Waals surface area contributed by atoms with Gasteiger partial charge < -0.3 is 9.84 Å². The van der Waals surface area contributed by atoms with E-state index in [1.165, 1.54) is 6.08 Å². The summed E-state index contributed by atoms with van der Waals surface area (Å²) in [6.45, 7) is 7.42. The summed E-state index contributed by atoms with van der Waals surface area (Å²) in [5.74, 6) is 0.644. The Morgan fingerprint density at radius 1 is 1.53 bits per heavy atom. The summed E-state index contributed by atoms with van der Waals surface area (Å²) in [4.78, 5) is 11.3. The average molecular weight is 208 g/mol. The highest BCUT2D eigenvalue weighted by Crippen LogP contribution is 2.20. The van der Waals surface area contributed by atoms with Gasteiger partial charge in [-0.15, -0.1) is 0 Å². The standard InChI is InChI=1S/C11H16N2O2/c1-5-6-10(14)12-7(2)11-8(3)13-15-9(11)4/h5-7H,1-4H3,(H,12,14). The molecule has 1 rings (SSSR count). The van der Waals surface area contributed by atoms with E-state index in [1.807, 2.05) is 20.8 Å². The van der Waals surface area contributed by atoms with Crippen molar-refractivity contribution in [3.63, 3.8) is 0 Å². The van der Waals surface area contributed by atoms with Gasteiger partial charge in [0.15, 0.2) is 0 Å². The Kier molecular flexibility index (Phi) is 3.66. The Labute approximate surface area is 89.3 Å². The minimum atomic E-state index is -0.106. The van der Waals surface area contributed by atoms with Crippen LogP contribution in [0.3, 0.4) is 0 Å². The molecule has 4 nitrogen and oxygen atoms in total. The lowest BCUT2D eigenvalue weighted by molar-refractivity contribution is -0.117. The van der Waals surface area contributed by atoms with Crippen LogP contribution in [-0.4, -0.2) is 11.1 Å². The first-order valence-electron chi connectivity index (χ1n) is 4.92. The largest absolute Gasteiger partial charge is 0.361 e. The number of hydrogen-bond acceptors (Lipinski definition) is 3. The molecule has 4 heteroatoms. The Morgan fingerprint density at radius 3 is 2.67 bits per heavy atom. The summed E-state index contributed by atoms with van der Waals surface area (Å²) in [5.41, 5.74) is 1.77. The Balaban J connectivity index is 2.77. The topological polar surface area (TPSA) is 55.1 Å². The fourth-order valence-electron chi connectivity index (χ4n) is 1.59. The quantitative estimate of drug-likeness (QED) is 0.773. The number of allylic oxidation sites excluding steroid dienone is 1. The van der Waals surface area contributed by atoms with Gasteiger partial charge in [-0.1, -0.05) is 11.2 Å². The van der Waals surface area contributed by atoms with E-state index in [0.717, 1.165) is 17.0 Å². The first kappa shape index (κ1) is 11.5. The van der Waals surface area contributed by atoms with Gasteiger partial charge in [0.25, 0.3) is 0 Å². The minimum Gasteiger partial charge on any atom is -0.361 e. The van der Waals surface area contributed by atoms with Crippen molar-refractivity contribution in [2.75, 3.05) is 0 Å². The molecular formula is C11H16N2O2. The van der Waals surface area contributed by atoms with E-state index in [2.05, 4.69) is 10.5 Å². The highest BCUT2D eigenvalue weighted by Gasteiger charge is 2.16. The minimum absolute atomic E-state index is 0.0834. The van der Waals surface area contributed by atoms with E-state index >= 15 is 0 Å². The third-order valence-electron chi connectivity index (χ3n) is 2.20. The van der Waals surface area contributed by atoms with Crippen molar-refractivity contribution < 1.29 is 9.32 Å². The number of amides is 1. The molecule has 1 N–H and O–H groups in total. The molecule has 1 aromatic rings. The number of carbonyl (C=O) groups excluding carboxylic acids is 1. The predicted molar refractivity (Wildman–Crippen MR) is 57.3 cm³/mol. The van der Waals surface area contributed by atoms with Crippen LogP contribution in [0.1, 0.15) is 36.9 Å². The second-order valence-corrected chi connectivity index (χ2v) is 3.47. The molecule has 82 valence electrons. The van der Waals surface area contributed by atoms with Crippen molar-refractivity contribution in [3.05, 3.63) is 29.2 Å². The molecule has 1 aromatic heterocycles. The van der Waals surface area contributed by atoms with Crippen molar-refractivity contribution in [1.82, 2.24) is 10.5 Å². The molecule has 1 unspecified atom stereocenters. The van der Waals surface area contributed by atoms with Crippen molar-refractivity contribution >= 4 is 5.91 Å². The molecule has 0 aliphatic heterocycles. The first-order valence-corrected chi connectivity index (χ1v) is 4.92. The van der Waals surface area contributed by atoms with Crippen LogP contribution in [0.4, 0.5) is 0 Å². The smallest absolute Gasteiger partial charge is 0.244 e. The summed E-state index contributed by atoms with van der Waals surface area (Å²) < 4.78 is 5.04. The van der Waals surface area contributed by atoms with E-state index in [1.54, 1.807) is 13.0 Å². The number of carbonyl (C=O) groups is 1. The van der Waals surface area contributed by atoms with Gasteiger partial charge in [0.1, 0.15) is 5.76 Å². The van der Waals surface area contributed by atoms with Gasteiger partial charge in [0, 0.05) is 5.56 Å². The Hall–Kier alpha value is -1.58. The van der Waals surface area contributed by atoms with E-state index < -0.39 is 0 Å². The van der Waals surface area contributed by atoms with Crippen molar-refractivity contribution in [1.29, 1.82) is 0 Å². The first-order chi connectivity index (χ1) is 7.06. The van der Waals surface area contributed by atoms with Gasteiger partial charge in [-0.3, -0.25) is 4.79 Å². The maximum Gasteiger partial charge on any atom is 0.244 e. The SMILES string of the molecule is CC=CC(=O)NC(C)c1c(C)noc1C. The molecule has 0 aliphatic rings. The molecule has 0 aliphatic carbocycles. The van der Waals surface area contributed by atoms with E-state index in [4.69, 9.17) is 4.52 Å². The fraction of sp³-hybridized carbons (Fsp3) is 0.455. The predicted octanol–water partition coefficient (Wildman–Crippen LogP) is 2.04. The Bertz CT molecular complexity index is 360. The monoisotopic (exact) mass is 208 g/mol. The lowest BCUT2D eigenvalue weighted by Crippen LogP contribution is -2.25. The molecule has 0 fully saturated rings. The lowest BCUT2D eigenvalue weighted by atomic mass is 10.1. The lowest BCUT2D eigenvalue weighted by Gasteiger charge is -2.11. The molecule has 0 radical (unpaired) electrons. The van der Waals surface area contributed by atoms with Gasteiger partial charge in [-0.05, 0) is 33.8 Å². The number of hydrogen-bond donors (Lipinski definition) is 1. The molecule has 0 saturated heterocycles. The molecule has 1 heterocycles. The second kappa shape index (κ2) is 4.77. The summed E-state index contributed by atoms with van der Waals surface area (Å²) in [7, 11) is 0. The van der Waals surface area contributed by atoms with Crippen LogP contribution in [0.15, 0.2) is 16.7 Å². The molecule has 0 spiro atoms. The van der Waals surface area contributed by atoms with Crippen molar-refractivity contribution in [2.24, 2.45) is 0 Å². The van der Waals surface area contributed by atoms with Gasteiger partial charge in [-0.25, -0.2) is 0 Å². The summed E-state index contributed by atoms with van der Waals surface area (Å²) in [6, 6.07) is -0.0834. The molecule has 1 atom stereocenters. The van der Waals surface area contributed by atoms with Crippen LogP contribution in [-0.2, 0) is 4.79 Å². The number of aromatic nitrogens is 1. The van der Waals surface area contributed by atoms with Gasteiger partial charge >= 0.3 is 0 Å². The van der Waals surface area contributed by atoms with E-state index in [9.17, 15) is 4.79 Å². The second-order valence-electron chi connectivity index (χ2n) is 3.47. The highest BCUT2D eigenvalue weighted by atomic mass is 16.5. The number of rotatable bonds is 3. The normalized spacial score (nSPS) is 13.1. The average Bonchev–Trinajstić information content (AvgIpc) is 2.46. The zero-order chi connectivity index (χ0) is 11.4. The Morgan fingerprint density at radius 2 is 2.20 bits per heavy atom. The molecule has 0 saturated carbocycles. The third kappa shape index (κ3) is 2.68. The molecule has 0 aromatic carbocycles. The van der Waals surface area contributed by atoms with Crippen LogP contribution in [0.2, 0.25) is 0 Å². The maximum atomic E-state index is 11.3. The number of nitrogens with one attached hydrogen (secondary N) is 1.